The molecule has 4 N–H and O–H groups in total. The number of nitrogens with zero attached hydrogens (tertiary/aromatic N) is 1. The molecule has 2 heterocycles. The van der Waals surface area contributed by atoms with Crippen LogP contribution in [0.25, 0.3) is 11.1 Å². The standard InChI is InChI=1S/C17H21ClN4O3/c18-10-8-11-15(25-12(20-11)9-19-6-7-23)13-14(10)21-16(24)22-17(13)4-2-1-3-5-17/h8,19,23H,1-7,9H2,(H2,21,22,24). The fourth-order valence-electron chi connectivity index (χ4n) is 3.96. The number of amides is 2. The first-order valence-electron chi connectivity index (χ1n) is 8.66. The summed E-state index contributed by atoms with van der Waals surface area (Å²) in [5, 5.41) is 18.4. The number of halogens is 1. The summed E-state index contributed by atoms with van der Waals surface area (Å²) in [5.41, 5.74) is 2.46. The van der Waals surface area contributed by atoms with E-state index in [0.717, 1.165) is 37.7 Å². The van der Waals surface area contributed by atoms with Gasteiger partial charge < -0.3 is 25.5 Å². The van der Waals surface area contributed by atoms with E-state index in [2.05, 4.69) is 20.9 Å². The summed E-state index contributed by atoms with van der Waals surface area (Å²) in [6.45, 7) is 0.952. The summed E-state index contributed by atoms with van der Waals surface area (Å²) in [6.07, 6.45) is 4.99. The molecule has 0 unspecified atom stereocenters. The maximum atomic E-state index is 12.2. The van der Waals surface area contributed by atoms with Crippen LogP contribution in [0.2, 0.25) is 5.02 Å². The molecular formula is C17H21ClN4O3. The number of anilines is 1. The minimum Gasteiger partial charge on any atom is -0.439 e. The van der Waals surface area contributed by atoms with Gasteiger partial charge in [-0.2, -0.15) is 0 Å². The van der Waals surface area contributed by atoms with Gasteiger partial charge in [-0.05, 0) is 18.9 Å². The van der Waals surface area contributed by atoms with Gasteiger partial charge >= 0.3 is 6.03 Å². The van der Waals surface area contributed by atoms with Crippen LogP contribution in [0.5, 0.6) is 0 Å². The lowest BCUT2D eigenvalue weighted by Gasteiger charge is -2.42. The third-order valence-electron chi connectivity index (χ3n) is 5.02. The van der Waals surface area contributed by atoms with Gasteiger partial charge in [0.1, 0.15) is 5.52 Å². The molecule has 1 aliphatic heterocycles. The molecule has 2 aliphatic rings. The van der Waals surface area contributed by atoms with Crippen molar-refractivity contribution in [2.75, 3.05) is 18.5 Å². The van der Waals surface area contributed by atoms with Gasteiger partial charge in [-0.15, -0.1) is 0 Å². The lowest BCUT2D eigenvalue weighted by Crippen LogP contribution is -2.52. The lowest BCUT2D eigenvalue weighted by molar-refractivity contribution is 0.209. The van der Waals surface area contributed by atoms with Crippen molar-refractivity contribution < 1.29 is 14.3 Å². The number of nitrogens with one attached hydrogen (secondary N) is 3. The number of aromatic nitrogens is 1. The van der Waals surface area contributed by atoms with Gasteiger partial charge in [-0.25, -0.2) is 9.78 Å². The third-order valence-corrected chi connectivity index (χ3v) is 5.32. The maximum Gasteiger partial charge on any atom is 0.319 e. The highest BCUT2D eigenvalue weighted by Crippen LogP contribution is 2.48. The number of rotatable bonds is 4. The van der Waals surface area contributed by atoms with Crippen molar-refractivity contribution >= 4 is 34.4 Å². The van der Waals surface area contributed by atoms with Crippen LogP contribution >= 0.6 is 11.6 Å². The average Bonchev–Trinajstić information content (AvgIpc) is 2.98. The molecule has 0 bridgehead atoms. The zero-order valence-corrected chi connectivity index (χ0v) is 14.6. The molecule has 8 heteroatoms. The van der Waals surface area contributed by atoms with E-state index in [1.54, 1.807) is 6.07 Å². The SMILES string of the molecule is O=C1Nc2c(Cl)cc3nc(CNCCO)oc3c2C2(CCCCC2)N1. The number of urea groups is 1. The number of hydrogen-bond donors (Lipinski definition) is 4. The zero-order chi connectivity index (χ0) is 17.4. The highest BCUT2D eigenvalue weighted by Gasteiger charge is 2.44. The molecule has 0 radical (unpaired) electrons. The Balaban J connectivity index is 1.84. The normalized spacial score (nSPS) is 18.9. The fourth-order valence-corrected chi connectivity index (χ4v) is 4.21. The molecule has 4 rings (SSSR count). The Morgan fingerprint density at radius 2 is 2.16 bits per heavy atom. The first-order valence-corrected chi connectivity index (χ1v) is 9.04. The molecule has 7 nitrogen and oxygen atoms in total. The van der Waals surface area contributed by atoms with E-state index >= 15 is 0 Å². The highest BCUT2D eigenvalue weighted by atomic mass is 35.5. The molecule has 134 valence electrons. The van der Waals surface area contributed by atoms with Crippen molar-refractivity contribution in [1.29, 1.82) is 0 Å². The molecule has 25 heavy (non-hydrogen) atoms. The summed E-state index contributed by atoms with van der Waals surface area (Å²) in [4.78, 5) is 16.7. The number of aliphatic hydroxyl groups excluding tert-OH is 1. The molecule has 0 saturated heterocycles. The van der Waals surface area contributed by atoms with Gasteiger partial charge in [0.15, 0.2) is 5.58 Å². The molecule has 2 aromatic rings. The first kappa shape index (κ1) is 16.6. The second kappa shape index (κ2) is 6.48. The number of benzene rings is 1. The van der Waals surface area contributed by atoms with Crippen LogP contribution < -0.4 is 16.0 Å². The van der Waals surface area contributed by atoms with E-state index in [1.807, 2.05) is 0 Å². The van der Waals surface area contributed by atoms with Crippen molar-refractivity contribution in [3.8, 4) is 0 Å². The van der Waals surface area contributed by atoms with Gasteiger partial charge in [0.25, 0.3) is 0 Å². The van der Waals surface area contributed by atoms with E-state index in [4.69, 9.17) is 21.1 Å². The second-order valence-corrected chi connectivity index (χ2v) is 7.09. The van der Waals surface area contributed by atoms with E-state index < -0.39 is 5.54 Å². The van der Waals surface area contributed by atoms with Gasteiger partial charge in [0, 0.05) is 12.1 Å². The first-order chi connectivity index (χ1) is 12.1. The van der Waals surface area contributed by atoms with E-state index in [1.165, 1.54) is 0 Å². The molecule has 0 atom stereocenters. The fraction of sp³-hybridized carbons (Fsp3) is 0.529. The van der Waals surface area contributed by atoms with Crippen LogP contribution in [0, 0.1) is 0 Å². The van der Waals surface area contributed by atoms with Crippen molar-refractivity contribution in [3.63, 3.8) is 0 Å². The monoisotopic (exact) mass is 364 g/mol. The summed E-state index contributed by atoms with van der Waals surface area (Å²) in [5.74, 6) is 0.538. The molecule has 1 fully saturated rings. The minimum atomic E-state index is -0.450. The number of carbonyl (C=O) groups excluding carboxylic acids is 1. The molecule has 1 aromatic heterocycles. The van der Waals surface area contributed by atoms with Crippen molar-refractivity contribution in [1.82, 2.24) is 15.6 Å². The van der Waals surface area contributed by atoms with Crippen LogP contribution in [0.4, 0.5) is 10.5 Å². The van der Waals surface area contributed by atoms with Crippen LogP contribution in [-0.4, -0.2) is 29.3 Å². The highest BCUT2D eigenvalue weighted by molar-refractivity contribution is 6.35. The third kappa shape index (κ3) is 2.86. The Kier molecular flexibility index (Phi) is 4.31. The molecular weight excluding hydrogens is 344 g/mol. The van der Waals surface area contributed by atoms with Crippen molar-refractivity contribution in [3.05, 3.63) is 22.5 Å². The number of oxazole rings is 1. The predicted molar refractivity (Wildman–Crippen MR) is 94.7 cm³/mol. The van der Waals surface area contributed by atoms with E-state index in [0.29, 0.717) is 40.8 Å². The van der Waals surface area contributed by atoms with Gasteiger partial charge in [-0.3, -0.25) is 0 Å². The second-order valence-electron chi connectivity index (χ2n) is 6.69. The Morgan fingerprint density at radius 1 is 1.36 bits per heavy atom. The lowest BCUT2D eigenvalue weighted by atomic mass is 9.74. The molecule has 1 spiro atoms. The van der Waals surface area contributed by atoms with Crippen LogP contribution in [0.15, 0.2) is 10.5 Å². The average molecular weight is 365 g/mol. The van der Waals surface area contributed by atoms with Crippen molar-refractivity contribution in [2.45, 2.75) is 44.2 Å². The quantitative estimate of drug-likeness (QED) is 0.625. The van der Waals surface area contributed by atoms with Crippen LogP contribution in [0.1, 0.15) is 43.6 Å². The van der Waals surface area contributed by atoms with Gasteiger partial charge in [0.05, 0.1) is 29.4 Å². The summed E-state index contributed by atoms with van der Waals surface area (Å²) in [6, 6.07) is 1.51. The number of hydrogen-bond acceptors (Lipinski definition) is 5. The zero-order valence-electron chi connectivity index (χ0n) is 13.8. The van der Waals surface area contributed by atoms with Crippen LogP contribution in [0.3, 0.4) is 0 Å². The van der Waals surface area contributed by atoms with E-state index in [9.17, 15) is 4.79 Å². The predicted octanol–water partition coefficient (Wildman–Crippen LogP) is 2.86. The molecule has 1 aliphatic carbocycles. The summed E-state index contributed by atoms with van der Waals surface area (Å²) in [7, 11) is 0. The Labute approximate surface area is 150 Å². The summed E-state index contributed by atoms with van der Waals surface area (Å²) >= 11 is 6.45. The topological polar surface area (TPSA) is 99.4 Å². The van der Waals surface area contributed by atoms with Gasteiger partial charge in [0.2, 0.25) is 5.89 Å². The Bertz CT molecular complexity index is 814. The largest absolute Gasteiger partial charge is 0.439 e. The van der Waals surface area contributed by atoms with Crippen molar-refractivity contribution in [2.24, 2.45) is 0 Å². The number of carbonyl (C=O) groups is 1. The molecule has 1 aromatic carbocycles. The maximum absolute atomic E-state index is 12.2. The summed E-state index contributed by atoms with van der Waals surface area (Å²) < 4.78 is 6.03. The van der Waals surface area contributed by atoms with Crippen LogP contribution in [-0.2, 0) is 12.1 Å². The number of fused-ring (bicyclic) bond motifs is 4. The molecule has 2 amide bonds. The minimum absolute atomic E-state index is 0.0561. The Hall–Kier alpha value is -1.83. The molecule has 1 saturated carbocycles. The number of aliphatic hydroxyl groups is 1. The smallest absolute Gasteiger partial charge is 0.319 e. The Morgan fingerprint density at radius 3 is 2.92 bits per heavy atom. The van der Waals surface area contributed by atoms with E-state index in [-0.39, 0.29) is 12.6 Å². The van der Waals surface area contributed by atoms with Gasteiger partial charge in [-0.1, -0.05) is 30.9 Å².